The van der Waals surface area contributed by atoms with Crippen LogP contribution in [0.3, 0.4) is 0 Å². The molecule has 0 atom stereocenters. The first-order valence-electron chi connectivity index (χ1n) is 6.76. The Labute approximate surface area is 120 Å². The number of nitrogens with one attached hydrogen (secondary N) is 3. The number of anilines is 2. The summed E-state index contributed by atoms with van der Waals surface area (Å²) in [4.78, 5) is 8.44. The molecule has 1 rings (SSSR count). The largest absolute Gasteiger partial charge is 0.370 e. The SMILES string of the molecule is CCCc1c(NCC)ncnc1NCCS(=O)(=O)NC. The lowest BCUT2D eigenvalue weighted by Gasteiger charge is -2.14. The van der Waals surface area contributed by atoms with Gasteiger partial charge in [0.2, 0.25) is 10.0 Å². The Morgan fingerprint density at radius 2 is 1.80 bits per heavy atom. The van der Waals surface area contributed by atoms with Crippen molar-refractivity contribution in [2.24, 2.45) is 0 Å². The van der Waals surface area contributed by atoms with E-state index in [0.29, 0.717) is 12.4 Å². The third-order valence-electron chi connectivity index (χ3n) is 2.76. The minimum Gasteiger partial charge on any atom is -0.370 e. The van der Waals surface area contributed by atoms with Crippen LogP contribution < -0.4 is 15.4 Å². The van der Waals surface area contributed by atoms with Gasteiger partial charge in [0.1, 0.15) is 18.0 Å². The zero-order valence-corrected chi connectivity index (χ0v) is 13.0. The van der Waals surface area contributed by atoms with Crippen LogP contribution in [-0.4, -0.2) is 44.3 Å². The van der Waals surface area contributed by atoms with E-state index in [1.54, 1.807) is 0 Å². The van der Waals surface area contributed by atoms with E-state index in [1.165, 1.54) is 13.4 Å². The van der Waals surface area contributed by atoms with Crippen molar-refractivity contribution in [1.82, 2.24) is 14.7 Å². The quantitative estimate of drug-likeness (QED) is 0.625. The smallest absolute Gasteiger partial charge is 0.213 e. The van der Waals surface area contributed by atoms with E-state index in [9.17, 15) is 8.42 Å². The standard InChI is InChI=1S/C12H23N5O2S/c1-4-6-10-11(14-5-2)16-9-17-12(10)15-7-8-20(18,19)13-3/h9,13H,4-8H2,1-3H3,(H2,14,15,16,17). The molecule has 0 spiro atoms. The monoisotopic (exact) mass is 301 g/mol. The maximum absolute atomic E-state index is 11.4. The summed E-state index contributed by atoms with van der Waals surface area (Å²) < 4.78 is 25.0. The van der Waals surface area contributed by atoms with Crippen LogP contribution in [0.15, 0.2) is 6.33 Å². The molecule has 0 unspecified atom stereocenters. The Kier molecular flexibility index (Phi) is 6.66. The summed E-state index contributed by atoms with van der Waals surface area (Å²) in [6, 6.07) is 0. The topological polar surface area (TPSA) is 96.0 Å². The number of sulfonamides is 1. The Morgan fingerprint density at radius 3 is 2.35 bits per heavy atom. The lowest BCUT2D eigenvalue weighted by Crippen LogP contribution is -2.26. The highest BCUT2D eigenvalue weighted by molar-refractivity contribution is 7.89. The summed E-state index contributed by atoms with van der Waals surface area (Å²) in [5.74, 6) is 1.52. The third-order valence-corrected chi connectivity index (χ3v) is 4.13. The van der Waals surface area contributed by atoms with Gasteiger partial charge in [-0.25, -0.2) is 23.1 Å². The summed E-state index contributed by atoms with van der Waals surface area (Å²) in [6.07, 6.45) is 3.28. The van der Waals surface area contributed by atoms with Crippen molar-refractivity contribution in [2.45, 2.75) is 26.7 Å². The molecule has 8 heteroatoms. The number of nitrogens with zero attached hydrogens (tertiary/aromatic N) is 2. The molecule has 0 aromatic carbocycles. The van der Waals surface area contributed by atoms with Crippen LogP contribution in [0.5, 0.6) is 0 Å². The van der Waals surface area contributed by atoms with E-state index >= 15 is 0 Å². The van der Waals surface area contributed by atoms with Crippen molar-refractivity contribution in [1.29, 1.82) is 0 Å². The van der Waals surface area contributed by atoms with E-state index in [-0.39, 0.29) is 5.75 Å². The number of aromatic nitrogens is 2. The van der Waals surface area contributed by atoms with E-state index in [2.05, 4.69) is 32.2 Å². The molecule has 0 fully saturated rings. The van der Waals surface area contributed by atoms with Gasteiger partial charge in [0.25, 0.3) is 0 Å². The molecule has 0 amide bonds. The van der Waals surface area contributed by atoms with Crippen LogP contribution in [0.1, 0.15) is 25.8 Å². The molecule has 0 aliphatic rings. The highest BCUT2D eigenvalue weighted by atomic mass is 32.2. The number of rotatable bonds is 9. The molecule has 1 aromatic rings. The Balaban J connectivity index is 2.80. The molecule has 0 aliphatic carbocycles. The molecule has 0 aliphatic heterocycles. The normalized spacial score (nSPS) is 11.3. The van der Waals surface area contributed by atoms with Crippen molar-refractivity contribution >= 4 is 21.7 Å². The van der Waals surface area contributed by atoms with Gasteiger partial charge in [0.15, 0.2) is 0 Å². The minimum absolute atomic E-state index is 0.00953. The lowest BCUT2D eigenvalue weighted by molar-refractivity contribution is 0.588. The zero-order valence-electron chi connectivity index (χ0n) is 12.2. The number of hydrogen-bond acceptors (Lipinski definition) is 6. The Morgan fingerprint density at radius 1 is 1.15 bits per heavy atom. The molecule has 1 heterocycles. The predicted octanol–water partition coefficient (Wildman–Crippen LogP) is 0.822. The van der Waals surface area contributed by atoms with E-state index < -0.39 is 10.0 Å². The second-order valence-electron chi connectivity index (χ2n) is 4.28. The summed E-state index contributed by atoms with van der Waals surface area (Å²) in [5.41, 5.74) is 0.999. The van der Waals surface area contributed by atoms with Crippen molar-refractivity contribution < 1.29 is 8.42 Å². The second kappa shape index (κ2) is 8.01. The van der Waals surface area contributed by atoms with Gasteiger partial charge >= 0.3 is 0 Å². The van der Waals surface area contributed by atoms with Gasteiger partial charge in [-0.2, -0.15) is 0 Å². The van der Waals surface area contributed by atoms with E-state index in [0.717, 1.165) is 30.8 Å². The first-order chi connectivity index (χ1) is 9.54. The number of hydrogen-bond donors (Lipinski definition) is 3. The van der Waals surface area contributed by atoms with E-state index in [4.69, 9.17) is 0 Å². The molecular formula is C12H23N5O2S. The van der Waals surface area contributed by atoms with E-state index in [1.807, 2.05) is 6.92 Å². The van der Waals surface area contributed by atoms with Crippen LogP contribution >= 0.6 is 0 Å². The maximum atomic E-state index is 11.4. The first kappa shape index (κ1) is 16.6. The third kappa shape index (κ3) is 4.93. The highest BCUT2D eigenvalue weighted by Gasteiger charge is 2.11. The first-order valence-corrected chi connectivity index (χ1v) is 8.42. The molecule has 20 heavy (non-hydrogen) atoms. The summed E-state index contributed by atoms with van der Waals surface area (Å²) in [6.45, 7) is 5.17. The summed E-state index contributed by atoms with van der Waals surface area (Å²) >= 11 is 0. The zero-order chi connectivity index (χ0) is 15.0. The highest BCUT2D eigenvalue weighted by Crippen LogP contribution is 2.21. The molecule has 0 saturated heterocycles. The average Bonchev–Trinajstić information content (AvgIpc) is 2.42. The van der Waals surface area contributed by atoms with Gasteiger partial charge < -0.3 is 10.6 Å². The van der Waals surface area contributed by atoms with Crippen LogP contribution in [0.25, 0.3) is 0 Å². The molecule has 0 bridgehead atoms. The van der Waals surface area contributed by atoms with Crippen molar-refractivity contribution in [3.63, 3.8) is 0 Å². The molecule has 1 aromatic heterocycles. The van der Waals surface area contributed by atoms with Gasteiger partial charge in [-0.05, 0) is 20.4 Å². The van der Waals surface area contributed by atoms with Crippen molar-refractivity contribution in [3.8, 4) is 0 Å². The Hall–Kier alpha value is -1.41. The average molecular weight is 301 g/mol. The van der Waals surface area contributed by atoms with Gasteiger partial charge in [0.05, 0.1) is 5.75 Å². The van der Waals surface area contributed by atoms with Crippen LogP contribution in [0.2, 0.25) is 0 Å². The van der Waals surface area contributed by atoms with Crippen molar-refractivity contribution in [3.05, 3.63) is 11.9 Å². The predicted molar refractivity (Wildman–Crippen MR) is 81.5 cm³/mol. The van der Waals surface area contributed by atoms with Gasteiger partial charge in [-0.1, -0.05) is 13.3 Å². The molecular weight excluding hydrogens is 278 g/mol. The fourth-order valence-electron chi connectivity index (χ4n) is 1.78. The molecule has 0 radical (unpaired) electrons. The maximum Gasteiger partial charge on any atom is 0.213 e. The molecule has 0 saturated carbocycles. The molecule has 3 N–H and O–H groups in total. The van der Waals surface area contributed by atoms with Crippen LogP contribution in [0, 0.1) is 0 Å². The Bertz CT molecular complexity index is 519. The van der Waals surface area contributed by atoms with Gasteiger partial charge in [-0.15, -0.1) is 0 Å². The lowest BCUT2D eigenvalue weighted by atomic mass is 10.1. The minimum atomic E-state index is -3.21. The summed E-state index contributed by atoms with van der Waals surface area (Å²) in [5, 5.41) is 6.27. The fraction of sp³-hybridized carbons (Fsp3) is 0.667. The summed E-state index contributed by atoms with van der Waals surface area (Å²) in [7, 11) is -1.80. The second-order valence-corrected chi connectivity index (χ2v) is 6.33. The molecule has 114 valence electrons. The van der Waals surface area contributed by atoms with Gasteiger partial charge in [-0.3, -0.25) is 0 Å². The van der Waals surface area contributed by atoms with Gasteiger partial charge in [0, 0.05) is 18.7 Å². The van der Waals surface area contributed by atoms with Crippen molar-refractivity contribution in [2.75, 3.05) is 36.5 Å². The van der Waals surface area contributed by atoms with Crippen LogP contribution in [0.4, 0.5) is 11.6 Å². The molecule has 7 nitrogen and oxygen atoms in total. The fourth-order valence-corrected chi connectivity index (χ4v) is 2.35. The van der Waals surface area contributed by atoms with Crippen LogP contribution in [-0.2, 0) is 16.4 Å².